The van der Waals surface area contributed by atoms with Gasteiger partial charge in [-0.05, 0) is 47.2 Å². The van der Waals surface area contributed by atoms with Gasteiger partial charge in [0.05, 0.1) is 13.1 Å². The van der Waals surface area contributed by atoms with E-state index in [0.29, 0.717) is 29.1 Å². The summed E-state index contributed by atoms with van der Waals surface area (Å²) in [6.45, 7) is 10.7. The number of fused-ring (bicyclic) bond motifs is 2. The van der Waals surface area contributed by atoms with Gasteiger partial charge in [0.15, 0.2) is 22.5 Å². The van der Waals surface area contributed by atoms with Gasteiger partial charge in [0.2, 0.25) is 16.8 Å². The van der Waals surface area contributed by atoms with Gasteiger partial charge in [-0.3, -0.25) is 24.0 Å². The van der Waals surface area contributed by atoms with Crippen LogP contribution in [0.1, 0.15) is 45.7 Å². The molecule has 0 atom stereocenters. The molecule has 0 saturated carbocycles. The molecule has 0 spiro atoms. The SMILES string of the molecule is CC(=O)N(CC(C)C)c1cn2ccn(Cc3cccc(Cl)c3)c(=O)c2c(O)c1=O.CC(C)CNc1cn2ccn(Cc3cccc(Cl)c3)c(=O)c2c(O)c1=O.Cl. The van der Waals surface area contributed by atoms with Crippen molar-refractivity contribution in [1.82, 2.24) is 17.9 Å². The molecule has 296 valence electrons. The van der Waals surface area contributed by atoms with Crippen LogP contribution < -0.4 is 32.2 Å². The van der Waals surface area contributed by atoms with Crippen LogP contribution in [-0.4, -0.2) is 47.1 Å². The van der Waals surface area contributed by atoms with E-state index in [4.69, 9.17) is 23.2 Å². The molecular formula is C40H43Cl3N6O7. The van der Waals surface area contributed by atoms with Crippen molar-refractivity contribution in [2.24, 2.45) is 11.8 Å². The summed E-state index contributed by atoms with van der Waals surface area (Å²) < 4.78 is 5.66. The maximum atomic E-state index is 12.9. The summed E-state index contributed by atoms with van der Waals surface area (Å²) in [6, 6.07) is 14.3. The lowest BCUT2D eigenvalue weighted by atomic mass is 10.2. The second-order valence-electron chi connectivity index (χ2n) is 13.9. The second kappa shape index (κ2) is 18.4. The van der Waals surface area contributed by atoms with Crippen molar-refractivity contribution in [3.63, 3.8) is 0 Å². The van der Waals surface area contributed by atoms with Crippen LogP contribution >= 0.6 is 35.6 Å². The second-order valence-corrected chi connectivity index (χ2v) is 14.8. The fraction of sp³-hybridized carbons (Fsp3) is 0.275. The first-order valence-corrected chi connectivity index (χ1v) is 18.3. The van der Waals surface area contributed by atoms with E-state index in [1.54, 1.807) is 61.2 Å². The molecule has 1 amide bonds. The Morgan fingerprint density at radius 2 is 1.21 bits per heavy atom. The average Bonchev–Trinajstić information content (AvgIpc) is 3.12. The van der Waals surface area contributed by atoms with Crippen LogP contribution in [-0.2, 0) is 17.9 Å². The molecule has 4 heterocycles. The number of halogens is 3. The molecule has 56 heavy (non-hydrogen) atoms. The summed E-state index contributed by atoms with van der Waals surface area (Å²) in [7, 11) is 0. The molecule has 0 bridgehead atoms. The Balaban J connectivity index is 0.000000246. The van der Waals surface area contributed by atoms with Gasteiger partial charge in [-0.1, -0.05) is 75.2 Å². The van der Waals surface area contributed by atoms with Crippen LogP contribution in [0.4, 0.5) is 11.4 Å². The van der Waals surface area contributed by atoms with Gasteiger partial charge in [-0.25, -0.2) is 0 Å². The molecule has 6 aromatic rings. The van der Waals surface area contributed by atoms with E-state index in [9.17, 15) is 34.2 Å². The van der Waals surface area contributed by atoms with E-state index < -0.39 is 33.5 Å². The molecule has 0 saturated heterocycles. The Bertz CT molecular complexity index is 2630. The monoisotopic (exact) mass is 824 g/mol. The highest BCUT2D eigenvalue weighted by Gasteiger charge is 2.22. The summed E-state index contributed by atoms with van der Waals surface area (Å²) in [5.74, 6) is -1.09. The number of nitrogens with zero attached hydrogens (tertiary/aromatic N) is 5. The fourth-order valence-electron chi connectivity index (χ4n) is 5.90. The molecular weight excluding hydrogens is 783 g/mol. The maximum Gasteiger partial charge on any atom is 0.279 e. The minimum atomic E-state index is -0.751. The van der Waals surface area contributed by atoms with Crippen molar-refractivity contribution >= 4 is 63.9 Å². The van der Waals surface area contributed by atoms with E-state index >= 15 is 0 Å². The fourth-order valence-corrected chi connectivity index (χ4v) is 6.33. The number of carbonyl (C=O) groups is 1. The van der Waals surface area contributed by atoms with Crippen molar-refractivity contribution in [3.8, 4) is 11.5 Å². The molecule has 6 rings (SSSR count). The third-order valence-electron chi connectivity index (χ3n) is 8.55. The Hall–Kier alpha value is -5.50. The van der Waals surface area contributed by atoms with E-state index in [2.05, 4.69) is 5.32 Å². The van der Waals surface area contributed by atoms with Crippen LogP contribution in [0.5, 0.6) is 11.5 Å². The third kappa shape index (κ3) is 9.83. The van der Waals surface area contributed by atoms with Crippen molar-refractivity contribution in [3.05, 3.63) is 148 Å². The third-order valence-corrected chi connectivity index (χ3v) is 9.02. The van der Waals surface area contributed by atoms with Gasteiger partial charge in [-0.15, -0.1) is 12.4 Å². The molecule has 0 unspecified atom stereocenters. The van der Waals surface area contributed by atoms with Crippen LogP contribution in [0.25, 0.3) is 11.0 Å². The van der Waals surface area contributed by atoms with Crippen LogP contribution in [0, 0.1) is 11.8 Å². The lowest BCUT2D eigenvalue weighted by Crippen LogP contribution is -2.36. The largest absolute Gasteiger partial charge is 0.502 e. The zero-order valence-electron chi connectivity index (χ0n) is 31.4. The van der Waals surface area contributed by atoms with Gasteiger partial charge in [0.25, 0.3) is 11.1 Å². The summed E-state index contributed by atoms with van der Waals surface area (Å²) in [6.07, 6.45) is 9.33. The van der Waals surface area contributed by atoms with E-state index in [-0.39, 0.29) is 59.7 Å². The molecule has 0 aliphatic rings. The van der Waals surface area contributed by atoms with E-state index in [1.807, 2.05) is 39.8 Å². The highest BCUT2D eigenvalue weighted by atomic mass is 35.5. The van der Waals surface area contributed by atoms with Crippen LogP contribution in [0.2, 0.25) is 10.0 Å². The molecule has 0 aliphatic carbocycles. The van der Waals surface area contributed by atoms with Crippen LogP contribution in [0.15, 0.2) is 105 Å². The number of carbonyl (C=O) groups excluding carboxylic acids is 1. The number of rotatable bonds is 10. The van der Waals surface area contributed by atoms with Crippen molar-refractivity contribution in [1.29, 1.82) is 0 Å². The Morgan fingerprint density at radius 1 is 0.732 bits per heavy atom. The lowest BCUT2D eigenvalue weighted by molar-refractivity contribution is -0.116. The predicted molar refractivity (Wildman–Crippen MR) is 224 cm³/mol. The number of benzene rings is 2. The predicted octanol–water partition coefficient (Wildman–Crippen LogP) is 6.24. The summed E-state index contributed by atoms with van der Waals surface area (Å²) in [4.78, 5) is 64.2. The number of pyridine rings is 2. The molecule has 4 aromatic heterocycles. The first-order valence-electron chi connectivity index (χ1n) is 17.5. The zero-order valence-corrected chi connectivity index (χ0v) is 33.7. The quantitative estimate of drug-likeness (QED) is 0.147. The van der Waals surface area contributed by atoms with Crippen LogP contribution in [0.3, 0.4) is 0 Å². The standard InChI is InChI=1S/C21H22ClN3O4.C19H20ClN3O3.ClH/c1-13(2)10-25(14(3)26)17-12-23-7-8-24(11-15-5-4-6-16(22)9-15)21(29)18(23)20(28)19(17)27;1-12(2)9-21-15-11-22-6-7-23(10-13-4-3-5-14(20)8-13)19(26)16(22)18(25)17(15)24;/h4-9,12-13,28H,10-11H2,1-3H3;3-8,11-12,21,25H,9-10H2,1-2H3;1H. The number of aromatic hydroxyl groups is 2. The van der Waals surface area contributed by atoms with E-state index in [0.717, 1.165) is 11.1 Å². The molecule has 16 heteroatoms. The number of hydrogen-bond acceptors (Lipinski definition) is 8. The number of hydrogen-bond donors (Lipinski definition) is 3. The van der Waals surface area contributed by atoms with Crippen molar-refractivity contribution in [2.75, 3.05) is 23.3 Å². The zero-order chi connectivity index (χ0) is 40.1. The van der Waals surface area contributed by atoms with Gasteiger partial charge < -0.3 is 38.4 Å². The molecule has 0 radical (unpaired) electrons. The molecule has 0 fully saturated rings. The van der Waals surface area contributed by atoms with Gasteiger partial charge in [0.1, 0.15) is 11.4 Å². The molecule has 2 aromatic carbocycles. The highest BCUT2D eigenvalue weighted by molar-refractivity contribution is 6.30. The molecule has 13 nitrogen and oxygen atoms in total. The van der Waals surface area contributed by atoms with Crippen molar-refractivity contribution < 1.29 is 15.0 Å². The topological polar surface area (TPSA) is 160 Å². The van der Waals surface area contributed by atoms with Gasteiger partial charge >= 0.3 is 0 Å². The van der Waals surface area contributed by atoms with Crippen molar-refractivity contribution in [2.45, 2.75) is 47.7 Å². The van der Waals surface area contributed by atoms with E-state index in [1.165, 1.54) is 42.2 Å². The summed E-state index contributed by atoms with van der Waals surface area (Å²) in [5.41, 5.74) is -0.533. The minimum Gasteiger partial charge on any atom is -0.502 e. The van der Waals surface area contributed by atoms with Gasteiger partial charge in [0, 0.05) is 67.2 Å². The first-order chi connectivity index (χ1) is 26.0. The van der Waals surface area contributed by atoms with Gasteiger partial charge in [-0.2, -0.15) is 0 Å². The normalized spacial score (nSPS) is 11.0. The number of aromatic nitrogens is 4. The minimum absolute atomic E-state index is 0. The summed E-state index contributed by atoms with van der Waals surface area (Å²) in [5, 5.41) is 25.0. The lowest BCUT2D eigenvalue weighted by Gasteiger charge is -2.23. The molecule has 0 aliphatic heterocycles. The highest BCUT2D eigenvalue weighted by Crippen LogP contribution is 2.20. The number of nitrogens with one attached hydrogen (secondary N) is 1. The average molecular weight is 826 g/mol. The number of amides is 1. The molecule has 3 N–H and O–H groups in total. The smallest absolute Gasteiger partial charge is 0.279 e. The summed E-state index contributed by atoms with van der Waals surface area (Å²) >= 11 is 12.0. The first kappa shape index (κ1) is 43.2. The Labute approximate surface area is 338 Å². The maximum absolute atomic E-state index is 12.9. The number of anilines is 2. The Morgan fingerprint density at radius 3 is 1.66 bits per heavy atom. The Kier molecular flexibility index (Phi) is 14.2.